The third kappa shape index (κ3) is 42.3. The van der Waals surface area contributed by atoms with Crippen LogP contribution in [-0.4, -0.2) is 37.2 Å². The highest BCUT2D eigenvalue weighted by atomic mass is 16.6. The number of unbranched alkanes of at least 4 members (excludes halogenated alkanes) is 21. The Morgan fingerprint density at radius 1 is 0.375 bits per heavy atom. The molecule has 0 aromatic heterocycles. The van der Waals surface area contributed by atoms with E-state index in [1.165, 1.54) is 96.3 Å². The molecular formula is C50H86O6. The van der Waals surface area contributed by atoms with E-state index in [1.54, 1.807) is 6.08 Å². The number of ether oxygens (including phenoxy) is 3. The third-order valence-electron chi connectivity index (χ3n) is 9.82. The lowest BCUT2D eigenvalue weighted by Gasteiger charge is -2.18. The molecule has 0 spiro atoms. The summed E-state index contributed by atoms with van der Waals surface area (Å²) < 4.78 is 16.5. The van der Waals surface area contributed by atoms with Crippen LogP contribution in [0, 0.1) is 0 Å². The molecule has 0 saturated carbocycles. The zero-order chi connectivity index (χ0) is 40.8. The van der Waals surface area contributed by atoms with E-state index in [0.717, 1.165) is 83.5 Å². The zero-order valence-electron chi connectivity index (χ0n) is 36.6. The molecule has 0 bridgehead atoms. The quantitative estimate of drug-likeness (QED) is 0.0266. The Labute approximate surface area is 345 Å². The molecule has 0 aliphatic heterocycles. The van der Waals surface area contributed by atoms with Gasteiger partial charge >= 0.3 is 17.9 Å². The summed E-state index contributed by atoms with van der Waals surface area (Å²) in [5.41, 5.74) is 0. The van der Waals surface area contributed by atoms with Crippen molar-refractivity contribution in [2.75, 3.05) is 13.2 Å². The average molecular weight is 783 g/mol. The van der Waals surface area contributed by atoms with Crippen molar-refractivity contribution < 1.29 is 28.6 Å². The minimum absolute atomic E-state index is 0.0999. The fraction of sp³-hybridized carbons (Fsp3) is 0.740. The molecule has 0 aliphatic rings. The van der Waals surface area contributed by atoms with Crippen molar-refractivity contribution in [2.24, 2.45) is 0 Å². The van der Waals surface area contributed by atoms with E-state index >= 15 is 0 Å². The Balaban J connectivity index is 4.29. The van der Waals surface area contributed by atoms with Crippen molar-refractivity contribution in [3.63, 3.8) is 0 Å². The first-order valence-corrected chi connectivity index (χ1v) is 23.3. The summed E-state index contributed by atoms with van der Waals surface area (Å²) >= 11 is 0. The molecule has 6 heteroatoms. The van der Waals surface area contributed by atoms with Crippen LogP contribution in [0.1, 0.15) is 220 Å². The molecule has 0 aliphatic carbocycles. The average Bonchev–Trinajstić information content (AvgIpc) is 3.19. The van der Waals surface area contributed by atoms with Gasteiger partial charge in [-0.15, -0.1) is 0 Å². The molecule has 0 amide bonds. The molecule has 0 heterocycles. The molecule has 1 atom stereocenters. The number of carbonyl (C=O) groups is 3. The van der Waals surface area contributed by atoms with Crippen LogP contribution in [0.5, 0.6) is 0 Å². The second-order valence-electron chi connectivity index (χ2n) is 15.3. The first-order valence-electron chi connectivity index (χ1n) is 23.3. The lowest BCUT2D eigenvalue weighted by molar-refractivity contribution is -0.166. The number of rotatable bonds is 41. The van der Waals surface area contributed by atoms with E-state index in [0.29, 0.717) is 12.8 Å². The largest absolute Gasteiger partial charge is 0.462 e. The lowest BCUT2D eigenvalue weighted by Crippen LogP contribution is -2.30. The van der Waals surface area contributed by atoms with Gasteiger partial charge in [-0.05, 0) is 44.9 Å². The minimum Gasteiger partial charge on any atom is -0.462 e. The van der Waals surface area contributed by atoms with Gasteiger partial charge in [-0.3, -0.25) is 14.4 Å². The van der Waals surface area contributed by atoms with Crippen LogP contribution in [-0.2, 0) is 28.6 Å². The fourth-order valence-corrected chi connectivity index (χ4v) is 6.34. The van der Waals surface area contributed by atoms with Gasteiger partial charge in [0.1, 0.15) is 13.2 Å². The molecule has 6 nitrogen and oxygen atoms in total. The maximum Gasteiger partial charge on any atom is 0.310 e. The summed E-state index contributed by atoms with van der Waals surface area (Å²) in [4.78, 5) is 37.4. The van der Waals surface area contributed by atoms with Crippen LogP contribution in [0.4, 0.5) is 0 Å². The number of hydrogen-bond donors (Lipinski definition) is 0. The standard InChI is InChI=1S/C50H86O6/c1-4-7-10-13-15-17-19-21-23-24-25-27-28-30-32-34-37-40-43-49(52)55-46-47(45-54-48(51)42-39-36-12-9-6-3)56-50(53)44-41-38-35-33-31-29-26-22-20-18-16-14-11-8-5-2/h8,11,16,18,22,26,31,33,38,41,47H,4-7,9-10,12-15,17,19-21,23-25,27-30,32,34-37,39-40,42-46H2,1-3H3/b11-8-,18-16-,26-22-,33-31-,41-38-. The first-order chi connectivity index (χ1) is 27.5. The monoisotopic (exact) mass is 783 g/mol. The SMILES string of the molecule is CC/C=C\C/C=C\C/C=C\C/C=C\C/C=C\CC(=O)OC(COC(=O)CCCCCCC)COC(=O)CCCCCCCCCCCCCCCCCCCC. The van der Waals surface area contributed by atoms with Crippen molar-refractivity contribution in [3.05, 3.63) is 60.8 Å². The number of esters is 3. The molecule has 1 unspecified atom stereocenters. The van der Waals surface area contributed by atoms with Crippen molar-refractivity contribution >= 4 is 17.9 Å². The molecule has 0 rings (SSSR count). The summed E-state index contributed by atoms with van der Waals surface area (Å²) in [7, 11) is 0. The van der Waals surface area contributed by atoms with Gasteiger partial charge in [0.15, 0.2) is 6.10 Å². The smallest absolute Gasteiger partial charge is 0.310 e. The molecule has 0 saturated heterocycles. The van der Waals surface area contributed by atoms with Crippen molar-refractivity contribution in [1.82, 2.24) is 0 Å². The maximum atomic E-state index is 12.6. The molecular weight excluding hydrogens is 697 g/mol. The summed E-state index contributed by atoms with van der Waals surface area (Å²) in [6, 6.07) is 0. The molecule has 0 radical (unpaired) electrons. The van der Waals surface area contributed by atoms with Crippen LogP contribution in [0.3, 0.4) is 0 Å². The second kappa shape index (κ2) is 44.8. The van der Waals surface area contributed by atoms with Crippen LogP contribution in [0.15, 0.2) is 60.8 Å². The van der Waals surface area contributed by atoms with E-state index in [4.69, 9.17) is 14.2 Å². The highest BCUT2D eigenvalue weighted by Crippen LogP contribution is 2.15. The summed E-state index contributed by atoms with van der Waals surface area (Å²) in [5, 5.41) is 0. The predicted molar refractivity (Wildman–Crippen MR) is 238 cm³/mol. The Bertz CT molecular complexity index is 1040. The third-order valence-corrected chi connectivity index (χ3v) is 9.82. The molecule has 322 valence electrons. The summed E-state index contributed by atoms with van der Waals surface area (Å²) in [5.74, 6) is -1.06. The van der Waals surface area contributed by atoms with Crippen LogP contribution in [0.25, 0.3) is 0 Å². The van der Waals surface area contributed by atoms with Crippen molar-refractivity contribution in [3.8, 4) is 0 Å². The summed E-state index contributed by atoms with van der Waals surface area (Å²) in [6.07, 6.45) is 54.1. The van der Waals surface area contributed by atoms with Crippen molar-refractivity contribution in [2.45, 2.75) is 226 Å². The molecule has 0 fully saturated rings. The van der Waals surface area contributed by atoms with Gasteiger partial charge in [0.05, 0.1) is 6.42 Å². The van der Waals surface area contributed by atoms with E-state index in [-0.39, 0.29) is 31.6 Å². The van der Waals surface area contributed by atoms with Crippen LogP contribution in [0.2, 0.25) is 0 Å². The van der Waals surface area contributed by atoms with E-state index < -0.39 is 12.1 Å². The molecule has 0 aromatic rings. The van der Waals surface area contributed by atoms with Crippen LogP contribution >= 0.6 is 0 Å². The Kier molecular flexibility index (Phi) is 42.5. The highest BCUT2D eigenvalue weighted by Gasteiger charge is 2.19. The predicted octanol–water partition coefficient (Wildman–Crippen LogP) is 14.9. The fourth-order valence-electron chi connectivity index (χ4n) is 6.34. The first kappa shape index (κ1) is 53.1. The minimum atomic E-state index is -0.821. The highest BCUT2D eigenvalue weighted by molar-refractivity contribution is 5.72. The van der Waals surface area contributed by atoms with Crippen LogP contribution < -0.4 is 0 Å². The topological polar surface area (TPSA) is 78.9 Å². The van der Waals surface area contributed by atoms with Gasteiger partial charge in [-0.2, -0.15) is 0 Å². The van der Waals surface area contributed by atoms with Gasteiger partial charge in [0, 0.05) is 12.8 Å². The van der Waals surface area contributed by atoms with E-state index in [9.17, 15) is 14.4 Å². The van der Waals surface area contributed by atoms with E-state index in [2.05, 4.69) is 69.4 Å². The molecule has 0 N–H and O–H groups in total. The van der Waals surface area contributed by atoms with Gasteiger partial charge < -0.3 is 14.2 Å². The van der Waals surface area contributed by atoms with Gasteiger partial charge in [0.2, 0.25) is 0 Å². The van der Waals surface area contributed by atoms with Gasteiger partial charge in [0.25, 0.3) is 0 Å². The molecule has 0 aromatic carbocycles. The Hall–Kier alpha value is -2.89. The number of allylic oxidation sites excluding steroid dienone is 9. The Morgan fingerprint density at radius 2 is 0.679 bits per heavy atom. The molecule has 56 heavy (non-hydrogen) atoms. The second-order valence-corrected chi connectivity index (χ2v) is 15.3. The Morgan fingerprint density at radius 3 is 1.02 bits per heavy atom. The van der Waals surface area contributed by atoms with E-state index in [1.807, 2.05) is 6.08 Å². The normalized spacial score (nSPS) is 12.6. The number of hydrogen-bond acceptors (Lipinski definition) is 6. The van der Waals surface area contributed by atoms with Gasteiger partial charge in [-0.1, -0.05) is 216 Å². The lowest BCUT2D eigenvalue weighted by atomic mass is 10.0. The summed E-state index contributed by atoms with van der Waals surface area (Å²) in [6.45, 7) is 6.35. The number of carbonyl (C=O) groups excluding carboxylic acids is 3. The maximum absolute atomic E-state index is 12.6. The van der Waals surface area contributed by atoms with Crippen molar-refractivity contribution in [1.29, 1.82) is 0 Å². The zero-order valence-corrected chi connectivity index (χ0v) is 36.6. The van der Waals surface area contributed by atoms with Gasteiger partial charge in [-0.25, -0.2) is 0 Å².